The molecule has 96 valence electrons. The summed E-state index contributed by atoms with van der Waals surface area (Å²) in [5, 5.41) is 5.63. The third kappa shape index (κ3) is 3.23. The van der Waals surface area contributed by atoms with E-state index in [2.05, 4.69) is 10.6 Å². The van der Waals surface area contributed by atoms with E-state index in [0.717, 1.165) is 12.1 Å². The minimum absolute atomic E-state index is 0.0395. The Kier molecular flexibility index (Phi) is 3.82. The molecule has 1 aromatic rings. The molecule has 1 heterocycles. The van der Waals surface area contributed by atoms with Gasteiger partial charge in [0.15, 0.2) is 0 Å². The van der Waals surface area contributed by atoms with Gasteiger partial charge in [-0.15, -0.1) is 0 Å². The van der Waals surface area contributed by atoms with Gasteiger partial charge in [-0.2, -0.15) is 0 Å². The van der Waals surface area contributed by atoms with Crippen LogP contribution in [0, 0.1) is 0 Å². The molecule has 0 bridgehead atoms. The lowest BCUT2D eigenvalue weighted by Gasteiger charge is -2.15. The monoisotopic (exact) mass is 247 g/mol. The number of anilines is 1. The van der Waals surface area contributed by atoms with Gasteiger partial charge in [-0.25, -0.2) is 4.79 Å². The highest BCUT2D eigenvalue weighted by molar-refractivity contribution is 5.89. The number of rotatable bonds is 2. The Morgan fingerprint density at radius 3 is 2.61 bits per heavy atom. The van der Waals surface area contributed by atoms with E-state index in [-0.39, 0.29) is 18.0 Å². The molecule has 5 nitrogen and oxygen atoms in total. The zero-order chi connectivity index (χ0) is 13.0. The molecule has 0 spiro atoms. The van der Waals surface area contributed by atoms with Crippen molar-refractivity contribution in [2.45, 2.75) is 19.4 Å². The highest BCUT2D eigenvalue weighted by Gasteiger charge is 2.25. The Bertz CT molecular complexity index is 433. The van der Waals surface area contributed by atoms with Crippen LogP contribution in [0.4, 0.5) is 10.5 Å². The SMILES string of the molecule is CC(=O)N1CCC(NC(=O)Nc2ccccc2)C1. The first kappa shape index (κ1) is 12.4. The zero-order valence-corrected chi connectivity index (χ0v) is 10.3. The summed E-state index contributed by atoms with van der Waals surface area (Å²) in [6.07, 6.45) is 0.807. The lowest BCUT2D eigenvalue weighted by atomic mass is 10.3. The van der Waals surface area contributed by atoms with E-state index in [1.54, 1.807) is 11.8 Å². The average molecular weight is 247 g/mol. The van der Waals surface area contributed by atoms with Gasteiger partial charge in [0.2, 0.25) is 5.91 Å². The first-order chi connectivity index (χ1) is 8.65. The number of benzene rings is 1. The van der Waals surface area contributed by atoms with Gasteiger partial charge in [0.25, 0.3) is 0 Å². The molecular formula is C13H17N3O2. The van der Waals surface area contributed by atoms with E-state index < -0.39 is 0 Å². The lowest BCUT2D eigenvalue weighted by Crippen LogP contribution is -2.40. The van der Waals surface area contributed by atoms with E-state index in [0.29, 0.717) is 13.1 Å². The maximum absolute atomic E-state index is 11.7. The standard InChI is InChI=1S/C13H17N3O2/c1-10(17)16-8-7-12(9-16)15-13(18)14-11-5-3-2-4-6-11/h2-6,12H,7-9H2,1H3,(H2,14,15,18). The fraction of sp³-hybridized carbons (Fsp3) is 0.385. The molecule has 3 amide bonds. The van der Waals surface area contributed by atoms with Crippen molar-refractivity contribution in [1.82, 2.24) is 10.2 Å². The number of carbonyl (C=O) groups is 2. The van der Waals surface area contributed by atoms with Crippen LogP contribution in [-0.2, 0) is 4.79 Å². The second-order valence-corrected chi connectivity index (χ2v) is 4.42. The minimum Gasteiger partial charge on any atom is -0.341 e. The summed E-state index contributed by atoms with van der Waals surface area (Å²) < 4.78 is 0. The Morgan fingerprint density at radius 2 is 2.00 bits per heavy atom. The number of amides is 3. The van der Waals surface area contributed by atoms with Gasteiger partial charge in [-0.3, -0.25) is 4.79 Å². The largest absolute Gasteiger partial charge is 0.341 e. The summed E-state index contributed by atoms with van der Waals surface area (Å²) in [6, 6.07) is 9.09. The number of carbonyl (C=O) groups excluding carboxylic acids is 2. The van der Waals surface area contributed by atoms with Crippen molar-refractivity contribution in [3.05, 3.63) is 30.3 Å². The Balaban J connectivity index is 1.80. The van der Waals surface area contributed by atoms with Gasteiger partial charge in [0.05, 0.1) is 0 Å². The smallest absolute Gasteiger partial charge is 0.319 e. The minimum atomic E-state index is -0.225. The van der Waals surface area contributed by atoms with Crippen molar-refractivity contribution in [2.75, 3.05) is 18.4 Å². The fourth-order valence-electron chi connectivity index (χ4n) is 2.04. The summed E-state index contributed by atoms with van der Waals surface area (Å²) in [6.45, 7) is 2.86. The van der Waals surface area contributed by atoms with Crippen LogP contribution in [0.15, 0.2) is 30.3 Å². The zero-order valence-electron chi connectivity index (χ0n) is 10.3. The Labute approximate surface area is 106 Å². The van der Waals surface area contributed by atoms with Crippen LogP contribution < -0.4 is 10.6 Å². The molecule has 5 heteroatoms. The van der Waals surface area contributed by atoms with Gasteiger partial charge in [-0.1, -0.05) is 18.2 Å². The predicted octanol–water partition coefficient (Wildman–Crippen LogP) is 1.43. The van der Waals surface area contributed by atoms with Crippen molar-refractivity contribution < 1.29 is 9.59 Å². The van der Waals surface area contributed by atoms with Gasteiger partial charge >= 0.3 is 6.03 Å². The molecule has 18 heavy (non-hydrogen) atoms. The highest BCUT2D eigenvalue weighted by Crippen LogP contribution is 2.10. The molecule has 2 N–H and O–H groups in total. The number of nitrogens with zero attached hydrogens (tertiary/aromatic N) is 1. The number of hydrogen-bond acceptors (Lipinski definition) is 2. The summed E-state index contributed by atoms with van der Waals surface area (Å²) in [5.41, 5.74) is 0.761. The second kappa shape index (κ2) is 5.53. The number of likely N-dealkylation sites (tertiary alicyclic amines) is 1. The van der Waals surface area contributed by atoms with E-state index in [9.17, 15) is 9.59 Å². The van der Waals surface area contributed by atoms with Crippen LogP contribution in [0.3, 0.4) is 0 Å². The number of nitrogens with one attached hydrogen (secondary N) is 2. The molecule has 0 aliphatic carbocycles. The average Bonchev–Trinajstić information content (AvgIpc) is 2.78. The summed E-state index contributed by atoms with van der Waals surface area (Å²) in [4.78, 5) is 24.6. The summed E-state index contributed by atoms with van der Waals surface area (Å²) >= 11 is 0. The summed E-state index contributed by atoms with van der Waals surface area (Å²) in [7, 11) is 0. The second-order valence-electron chi connectivity index (χ2n) is 4.42. The van der Waals surface area contributed by atoms with Gasteiger partial charge in [-0.05, 0) is 18.6 Å². The first-order valence-corrected chi connectivity index (χ1v) is 6.03. The number of hydrogen-bond donors (Lipinski definition) is 2. The highest BCUT2D eigenvalue weighted by atomic mass is 16.2. The predicted molar refractivity (Wildman–Crippen MR) is 69.3 cm³/mol. The third-order valence-electron chi connectivity index (χ3n) is 3.00. The molecule has 2 rings (SSSR count). The fourth-order valence-corrected chi connectivity index (χ4v) is 2.04. The maximum Gasteiger partial charge on any atom is 0.319 e. The maximum atomic E-state index is 11.7. The van der Waals surface area contributed by atoms with Crippen molar-refractivity contribution in [3.8, 4) is 0 Å². The van der Waals surface area contributed by atoms with Crippen LogP contribution in [0.2, 0.25) is 0 Å². The normalized spacial score (nSPS) is 18.5. The van der Waals surface area contributed by atoms with Gasteiger partial charge in [0.1, 0.15) is 0 Å². The van der Waals surface area contributed by atoms with Crippen molar-refractivity contribution in [1.29, 1.82) is 0 Å². The lowest BCUT2D eigenvalue weighted by molar-refractivity contribution is -0.127. The first-order valence-electron chi connectivity index (χ1n) is 6.03. The number of para-hydroxylation sites is 1. The summed E-state index contributed by atoms with van der Waals surface area (Å²) in [5.74, 6) is 0.0581. The van der Waals surface area contributed by atoms with Gasteiger partial charge < -0.3 is 15.5 Å². The van der Waals surface area contributed by atoms with Crippen LogP contribution >= 0.6 is 0 Å². The van der Waals surface area contributed by atoms with E-state index in [1.807, 2.05) is 30.3 Å². The van der Waals surface area contributed by atoms with Crippen LogP contribution in [0.5, 0.6) is 0 Å². The van der Waals surface area contributed by atoms with Crippen molar-refractivity contribution in [3.63, 3.8) is 0 Å². The molecule has 1 unspecified atom stereocenters. The Morgan fingerprint density at radius 1 is 1.28 bits per heavy atom. The van der Waals surface area contributed by atoms with Crippen LogP contribution in [0.1, 0.15) is 13.3 Å². The van der Waals surface area contributed by atoms with Gasteiger partial charge in [0, 0.05) is 31.7 Å². The molecular weight excluding hydrogens is 230 g/mol. The molecule has 1 saturated heterocycles. The molecule has 0 radical (unpaired) electrons. The van der Waals surface area contributed by atoms with E-state index in [1.165, 1.54) is 0 Å². The topological polar surface area (TPSA) is 61.4 Å². The molecule has 1 aliphatic heterocycles. The third-order valence-corrected chi connectivity index (χ3v) is 3.00. The Hall–Kier alpha value is -2.04. The molecule has 0 aromatic heterocycles. The van der Waals surface area contributed by atoms with E-state index >= 15 is 0 Å². The number of urea groups is 1. The van der Waals surface area contributed by atoms with Crippen molar-refractivity contribution >= 4 is 17.6 Å². The molecule has 1 aromatic carbocycles. The van der Waals surface area contributed by atoms with Crippen LogP contribution in [-0.4, -0.2) is 36.0 Å². The van der Waals surface area contributed by atoms with Crippen LogP contribution in [0.25, 0.3) is 0 Å². The molecule has 1 fully saturated rings. The molecule has 1 atom stereocenters. The van der Waals surface area contributed by atoms with Crippen molar-refractivity contribution in [2.24, 2.45) is 0 Å². The molecule has 0 saturated carbocycles. The molecule has 1 aliphatic rings. The van der Waals surface area contributed by atoms with E-state index in [4.69, 9.17) is 0 Å². The quantitative estimate of drug-likeness (QED) is 0.830.